The van der Waals surface area contributed by atoms with E-state index in [0.717, 1.165) is 14.4 Å². The average Bonchev–Trinajstić information content (AvgIpc) is 2.85. The molecule has 8 heteroatoms. The Morgan fingerprint density at radius 3 is 2.88 bits per heavy atom. The molecule has 0 saturated carbocycles. The van der Waals surface area contributed by atoms with Gasteiger partial charge in [0.15, 0.2) is 0 Å². The highest BCUT2D eigenvalue weighted by atomic mass is 79.9. The maximum absolute atomic E-state index is 12.0. The predicted molar refractivity (Wildman–Crippen MR) is 69.4 cm³/mol. The second-order valence-corrected chi connectivity index (χ2v) is 7.75. The smallest absolute Gasteiger partial charge is 0.242 e. The van der Waals surface area contributed by atoms with Gasteiger partial charge in [0.25, 0.3) is 0 Å². The summed E-state index contributed by atoms with van der Waals surface area (Å²) < 4.78 is 27.3. The fourth-order valence-electron chi connectivity index (χ4n) is 1.33. The lowest BCUT2D eigenvalue weighted by Gasteiger charge is -2.04. The van der Waals surface area contributed by atoms with Gasteiger partial charge in [0.05, 0.1) is 20.9 Å². The highest BCUT2D eigenvalue weighted by molar-refractivity contribution is 9.11. The molecule has 0 bridgehead atoms. The van der Waals surface area contributed by atoms with Crippen LogP contribution in [0.1, 0.15) is 10.6 Å². The number of halogens is 1. The van der Waals surface area contributed by atoms with Crippen LogP contribution in [0.15, 0.2) is 27.0 Å². The Bertz CT molecular complexity index is 604. The third-order valence-corrected chi connectivity index (χ3v) is 5.35. The maximum atomic E-state index is 12.0. The minimum Gasteiger partial charge on any atom is -0.281 e. The molecule has 0 saturated heterocycles. The first-order valence-electron chi connectivity index (χ1n) is 4.73. The van der Waals surface area contributed by atoms with Crippen LogP contribution in [0.4, 0.5) is 0 Å². The molecular weight excluding hydrogens is 326 g/mol. The number of sulfonamides is 1. The molecular formula is C9H10BrN3O2S2. The molecule has 5 nitrogen and oxygen atoms in total. The normalized spacial score (nSPS) is 11.9. The molecule has 0 amide bonds. The van der Waals surface area contributed by atoms with Gasteiger partial charge >= 0.3 is 0 Å². The van der Waals surface area contributed by atoms with Gasteiger partial charge in [0.2, 0.25) is 10.0 Å². The van der Waals surface area contributed by atoms with Crippen LogP contribution in [0.3, 0.4) is 0 Å². The van der Waals surface area contributed by atoms with Crippen molar-refractivity contribution >= 4 is 37.3 Å². The second kappa shape index (κ2) is 4.89. The van der Waals surface area contributed by atoms with Crippen molar-refractivity contribution in [3.8, 4) is 0 Å². The second-order valence-electron chi connectivity index (χ2n) is 3.38. The number of rotatable bonds is 4. The number of thiophene rings is 1. The Balaban J connectivity index is 2.17. The van der Waals surface area contributed by atoms with Crippen molar-refractivity contribution in [2.45, 2.75) is 18.4 Å². The number of hydrogen-bond acceptors (Lipinski definition) is 4. The summed E-state index contributed by atoms with van der Waals surface area (Å²) in [4.78, 5) is 1.07. The van der Waals surface area contributed by atoms with Crippen molar-refractivity contribution in [2.75, 3.05) is 0 Å². The lowest BCUT2D eigenvalue weighted by molar-refractivity contribution is 0.580. The van der Waals surface area contributed by atoms with Crippen LogP contribution in [-0.2, 0) is 16.6 Å². The Hall–Kier alpha value is -0.700. The molecule has 0 aliphatic rings. The van der Waals surface area contributed by atoms with Gasteiger partial charge in [0, 0.05) is 11.1 Å². The fourth-order valence-corrected chi connectivity index (χ4v) is 4.75. The summed E-state index contributed by atoms with van der Waals surface area (Å²) in [5, 5.41) is 6.45. The molecule has 92 valence electrons. The molecule has 2 N–H and O–H groups in total. The maximum Gasteiger partial charge on any atom is 0.242 e. The topological polar surface area (TPSA) is 74.8 Å². The zero-order valence-corrected chi connectivity index (χ0v) is 12.1. The Labute approximate surface area is 111 Å². The number of aromatic nitrogens is 2. The Kier molecular flexibility index (Phi) is 3.67. The van der Waals surface area contributed by atoms with Crippen molar-refractivity contribution in [1.82, 2.24) is 14.9 Å². The Morgan fingerprint density at radius 2 is 2.35 bits per heavy atom. The summed E-state index contributed by atoms with van der Waals surface area (Å²) in [6.45, 7) is 1.98. The summed E-state index contributed by atoms with van der Waals surface area (Å²) in [5.74, 6) is 0. The minimum absolute atomic E-state index is 0.204. The molecule has 0 unspecified atom stereocenters. The van der Waals surface area contributed by atoms with Gasteiger partial charge in [0.1, 0.15) is 0 Å². The van der Waals surface area contributed by atoms with E-state index in [1.807, 2.05) is 0 Å². The molecule has 2 rings (SSSR count). The zero-order chi connectivity index (χ0) is 12.5. The van der Waals surface area contributed by atoms with Crippen LogP contribution in [-0.4, -0.2) is 18.6 Å². The molecule has 2 aromatic heterocycles. The lowest BCUT2D eigenvalue weighted by atomic mass is 10.4. The molecule has 0 spiro atoms. The van der Waals surface area contributed by atoms with Crippen molar-refractivity contribution in [3.05, 3.63) is 32.7 Å². The van der Waals surface area contributed by atoms with Gasteiger partial charge in [-0.25, -0.2) is 13.1 Å². The van der Waals surface area contributed by atoms with E-state index in [1.54, 1.807) is 25.3 Å². The van der Waals surface area contributed by atoms with Crippen LogP contribution in [0, 0.1) is 6.92 Å². The summed E-state index contributed by atoms with van der Waals surface area (Å²) in [6.07, 6.45) is 1.58. The van der Waals surface area contributed by atoms with Crippen LogP contribution in [0.2, 0.25) is 0 Å². The third kappa shape index (κ3) is 2.95. The van der Waals surface area contributed by atoms with Crippen molar-refractivity contribution in [2.24, 2.45) is 0 Å². The predicted octanol–water partition coefficient (Wildman–Crippen LogP) is 2.02. The van der Waals surface area contributed by atoms with Crippen molar-refractivity contribution in [3.63, 3.8) is 0 Å². The van der Waals surface area contributed by atoms with Crippen LogP contribution in [0.5, 0.6) is 0 Å². The van der Waals surface area contributed by atoms with Gasteiger partial charge in [-0.1, -0.05) is 0 Å². The fraction of sp³-hybridized carbons (Fsp3) is 0.222. The number of hydrogen-bond donors (Lipinski definition) is 2. The third-order valence-electron chi connectivity index (χ3n) is 2.14. The number of aromatic amines is 1. The van der Waals surface area contributed by atoms with E-state index < -0.39 is 10.0 Å². The first-order valence-corrected chi connectivity index (χ1v) is 7.82. The molecule has 0 aromatic carbocycles. The highest BCUT2D eigenvalue weighted by Crippen LogP contribution is 2.29. The Morgan fingerprint density at radius 1 is 1.59 bits per heavy atom. The summed E-state index contributed by atoms with van der Waals surface area (Å²) in [5.41, 5.74) is 0.723. The van der Waals surface area contributed by atoms with E-state index in [9.17, 15) is 8.42 Å². The largest absolute Gasteiger partial charge is 0.281 e. The monoisotopic (exact) mass is 335 g/mol. The molecule has 0 aliphatic heterocycles. The standard InChI is InChI=1S/C9H10BrN3O2S2/c1-6-8(4-9(10)16-6)17(14,15)12-5-7-2-3-11-13-7/h2-4,12H,5H2,1H3,(H,11,13). The quantitative estimate of drug-likeness (QED) is 0.897. The van der Waals surface area contributed by atoms with E-state index in [0.29, 0.717) is 4.90 Å². The highest BCUT2D eigenvalue weighted by Gasteiger charge is 2.19. The van der Waals surface area contributed by atoms with E-state index in [1.165, 1.54) is 11.3 Å². The summed E-state index contributed by atoms with van der Waals surface area (Å²) >= 11 is 4.67. The SMILES string of the molecule is Cc1sc(Br)cc1S(=O)(=O)NCc1ccn[nH]1. The molecule has 2 aromatic rings. The van der Waals surface area contributed by atoms with Crippen molar-refractivity contribution in [1.29, 1.82) is 0 Å². The minimum atomic E-state index is -3.46. The zero-order valence-electron chi connectivity index (χ0n) is 8.90. The number of nitrogens with one attached hydrogen (secondary N) is 2. The molecule has 0 radical (unpaired) electrons. The van der Waals surface area contributed by atoms with Crippen LogP contribution in [0.25, 0.3) is 0 Å². The van der Waals surface area contributed by atoms with E-state index in [4.69, 9.17) is 0 Å². The first-order chi connectivity index (χ1) is 7.99. The molecule has 2 heterocycles. The van der Waals surface area contributed by atoms with Gasteiger partial charge in [-0.2, -0.15) is 5.10 Å². The van der Waals surface area contributed by atoms with Crippen LogP contribution >= 0.6 is 27.3 Å². The number of nitrogens with zero attached hydrogens (tertiary/aromatic N) is 1. The number of aryl methyl sites for hydroxylation is 1. The van der Waals surface area contributed by atoms with E-state index in [-0.39, 0.29) is 6.54 Å². The van der Waals surface area contributed by atoms with Crippen LogP contribution < -0.4 is 4.72 Å². The average molecular weight is 336 g/mol. The number of H-pyrrole nitrogens is 1. The van der Waals surface area contributed by atoms with E-state index in [2.05, 4.69) is 30.8 Å². The van der Waals surface area contributed by atoms with Gasteiger partial charge in [-0.05, 0) is 35.0 Å². The molecule has 17 heavy (non-hydrogen) atoms. The van der Waals surface area contributed by atoms with Crippen molar-refractivity contribution < 1.29 is 8.42 Å². The summed E-state index contributed by atoms with van der Waals surface area (Å²) in [7, 11) is -3.46. The van der Waals surface area contributed by atoms with Gasteiger partial charge in [-0.15, -0.1) is 11.3 Å². The lowest BCUT2D eigenvalue weighted by Crippen LogP contribution is -2.23. The molecule has 0 fully saturated rings. The van der Waals surface area contributed by atoms with E-state index >= 15 is 0 Å². The van der Waals surface area contributed by atoms with Gasteiger partial charge in [-0.3, -0.25) is 5.10 Å². The van der Waals surface area contributed by atoms with Gasteiger partial charge < -0.3 is 0 Å². The first kappa shape index (κ1) is 12.7. The molecule has 0 atom stereocenters. The summed E-state index contributed by atoms with van der Waals surface area (Å²) in [6, 6.07) is 3.33. The molecule has 0 aliphatic carbocycles.